The lowest BCUT2D eigenvalue weighted by Gasteiger charge is -2.13. The van der Waals surface area contributed by atoms with Crippen molar-refractivity contribution in [1.82, 2.24) is 0 Å². The third-order valence-corrected chi connectivity index (χ3v) is 3.86. The molecule has 0 unspecified atom stereocenters. The van der Waals surface area contributed by atoms with E-state index in [4.69, 9.17) is 15.9 Å². The van der Waals surface area contributed by atoms with E-state index in [1.165, 1.54) is 0 Å². The Morgan fingerprint density at radius 2 is 1.64 bits per heavy atom. The summed E-state index contributed by atoms with van der Waals surface area (Å²) in [6.07, 6.45) is 5.56. The molecule has 0 atom stereocenters. The normalized spacial score (nSPS) is 10.1. The summed E-state index contributed by atoms with van der Waals surface area (Å²) in [6, 6.07) is 23.9. The Labute approximate surface area is 149 Å². The molecule has 0 N–H and O–H groups in total. The first-order valence-corrected chi connectivity index (χ1v) is 8.31. The molecule has 0 bridgehead atoms. The first kappa shape index (κ1) is 16.7. The number of benzene rings is 3. The fraction of sp³-hybridized carbons (Fsp3) is 0.130. The van der Waals surface area contributed by atoms with Gasteiger partial charge in [-0.1, -0.05) is 48.4 Å². The quantitative estimate of drug-likeness (QED) is 0.571. The van der Waals surface area contributed by atoms with Gasteiger partial charge >= 0.3 is 0 Å². The Kier molecular flexibility index (Phi) is 5.39. The lowest BCUT2D eigenvalue weighted by Crippen LogP contribution is -1.97. The summed E-state index contributed by atoms with van der Waals surface area (Å²) in [5, 5.41) is 0. The summed E-state index contributed by atoms with van der Waals surface area (Å²) in [5.74, 6) is 4.35. The number of terminal acetylenes is 1. The zero-order chi connectivity index (χ0) is 17.5. The van der Waals surface area contributed by atoms with Crippen molar-refractivity contribution in [2.24, 2.45) is 0 Å². The fourth-order valence-corrected chi connectivity index (χ4v) is 2.60. The molecule has 0 fully saturated rings. The molecule has 0 amide bonds. The summed E-state index contributed by atoms with van der Waals surface area (Å²) < 4.78 is 11.6. The third-order valence-electron chi connectivity index (χ3n) is 3.86. The topological polar surface area (TPSA) is 18.5 Å². The van der Waals surface area contributed by atoms with Crippen molar-refractivity contribution in [3.8, 4) is 35.0 Å². The Morgan fingerprint density at radius 1 is 0.880 bits per heavy atom. The maximum Gasteiger partial charge on any atom is 0.127 e. The van der Waals surface area contributed by atoms with Crippen LogP contribution in [0.5, 0.6) is 11.5 Å². The molecule has 3 aromatic rings. The van der Waals surface area contributed by atoms with Crippen LogP contribution in [0.2, 0.25) is 0 Å². The molecule has 3 rings (SSSR count). The van der Waals surface area contributed by atoms with E-state index in [0.29, 0.717) is 13.2 Å². The summed E-state index contributed by atoms with van der Waals surface area (Å²) in [7, 11) is 0. The fourth-order valence-electron chi connectivity index (χ4n) is 2.60. The van der Waals surface area contributed by atoms with Crippen molar-refractivity contribution < 1.29 is 9.47 Å². The van der Waals surface area contributed by atoms with Gasteiger partial charge in [0.2, 0.25) is 0 Å². The van der Waals surface area contributed by atoms with Gasteiger partial charge in [0.05, 0.1) is 6.61 Å². The first-order valence-electron chi connectivity index (χ1n) is 8.31. The average molecular weight is 328 g/mol. The van der Waals surface area contributed by atoms with Crippen molar-refractivity contribution in [3.05, 3.63) is 83.9 Å². The van der Waals surface area contributed by atoms with Crippen LogP contribution >= 0.6 is 0 Å². The lowest BCUT2D eigenvalue weighted by molar-refractivity contribution is 0.307. The molecule has 0 aromatic heterocycles. The van der Waals surface area contributed by atoms with Crippen LogP contribution in [0.4, 0.5) is 0 Å². The van der Waals surface area contributed by atoms with Gasteiger partial charge in [0, 0.05) is 11.1 Å². The highest BCUT2D eigenvalue weighted by atomic mass is 16.5. The molecule has 0 heterocycles. The Balaban J connectivity index is 1.89. The van der Waals surface area contributed by atoms with Crippen molar-refractivity contribution in [1.29, 1.82) is 0 Å². The second-order valence-corrected chi connectivity index (χ2v) is 5.59. The molecular weight excluding hydrogens is 308 g/mol. The van der Waals surface area contributed by atoms with Gasteiger partial charge in [-0.3, -0.25) is 0 Å². The minimum Gasteiger partial charge on any atom is -0.494 e. The Morgan fingerprint density at radius 3 is 2.32 bits per heavy atom. The number of hydrogen-bond donors (Lipinski definition) is 0. The highest BCUT2D eigenvalue weighted by Gasteiger charge is 2.08. The van der Waals surface area contributed by atoms with Gasteiger partial charge < -0.3 is 9.47 Å². The molecule has 25 heavy (non-hydrogen) atoms. The standard InChI is InChI=1S/C23H20O2/c1-3-18-10-15-23(25-17-19-8-6-5-7-9-19)22(16-18)20-11-13-21(14-12-20)24-4-2/h1,5-16H,4,17H2,2H3. The van der Waals surface area contributed by atoms with E-state index in [0.717, 1.165) is 33.8 Å². The van der Waals surface area contributed by atoms with Crippen LogP contribution in [0, 0.1) is 12.3 Å². The van der Waals surface area contributed by atoms with Crippen molar-refractivity contribution in [3.63, 3.8) is 0 Å². The van der Waals surface area contributed by atoms with Gasteiger partial charge in [-0.25, -0.2) is 0 Å². The minimum atomic E-state index is 0.514. The molecule has 0 radical (unpaired) electrons. The number of hydrogen-bond acceptors (Lipinski definition) is 2. The first-order chi connectivity index (χ1) is 12.3. The molecule has 0 aliphatic rings. The van der Waals surface area contributed by atoms with E-state index in [-0.39, 0.29) is 0 Å². The second kappa shape index (κ2) is 8.08. The second-order valence-electron chi connectivity index (χ2n) is 5.59. The summed E-state index contributed by atoms with van der Waals surface area (Å²) in [4.78, 5) is 0. The molecule has 124 valence electrons. The van der Waals surface area contributed by atoms with E-state index >= 15 is 0 Å². The highest BCUT2D eigenvalue weighted by Crippen LogP contribution is 2.32. The molecule has 2 heteroatoms. The molecule has 3 aromatic carbocycles. The predicted molar refractivity (Wildman–Crippen MR) is 102 cm³/mol. The van der Waals surface area contributed by atoms with Gasteiger partial charge in [-0.15, -0.1) is 6.42 Å². The molecule has 0 aliphatic heterocycles. The molecular formula is C23H20O2. The van der Waals surface area contributed by atoms with Crippen LogP contribution in [0.1, 0.15) is 18.1 Å². The van der Waals surface area contributed by atoms with Gasteiger partial charge in [-0.2, -0.15) is 0 Å². The van der Waals surface area contributed by atoms with Gasteiger partial charge in [-0.05, 0) is 48.4 Å². The van der Waals surface area contributed by atoms with E-state index in [1.54, 1.807) is 0 Å². The zero-order valence-corrected chi connectivity index (χ0v) is 14.2. The zero-order valence-electron chi connectivity index (χ0n) is 14.2. The summed E-state index contributed by atoms with van der Waals surface area (Å²) >= 11 is 0. The molecule has 0 saturated heterocycles. The van der Waals surface area contributed by atoms with Gasteiger partial charge in [0.1, 0.15) is 18.1 Å². The average Bonchev–Trinajstić information content (AvgIpc) is 2.68. The smallest absolute Gasteiger partial charge is 0.127 e. The molecule has 0 aliphatic carbocycles. The summed E-state index contributed by atoms with van der Waals surface area (Å²) in [5.41, 5.74) is 3.98. The predicted octanol–water partition coefficient (Wildman–Crippen LogP) is 5.31. The van der Waals surface area contributed by atoms with E-state index in [2.05, 4.69) is 5.92 Å². The van der Waals surface area contributed by atoms with Crippen LogP contribution in [0.25, 0.3) is 11.1 Å². The maximum atomic E-state index is 6.06. The number of rotatable bonds is 6. The largest absolute Gasteiger partial charge is 0.494 e. The summed E-state index contributed by atoms with van der Waals surface area (Å²) in [6.45, 7) is 3.14. The van der Waals surface area contributed by atoms with Crippen LogP contribution < -0.4 is 9.47 Å². The maximum absolute atomic E-state index is 6.06. The van der Waals surface area contributed by atoms with E-state index in [9.17, 15) is 0 Å². The molecule has 0 saturated carbocycles. The molecule has 2 nitrogen and oxygen atoms in total. The Hall–Kier alpha value is -3.18. The monoisotopic (exact) mass is 328 g/mol. The third kappa shape index (κ3) is 4.22. The Bertz CT molecular complexity index is 859. The van der Waals surface area contributed by atoms with E-state index in [1.807, 2.05) is 79.7 Å². The molecule has 0 spiro atoms. The SMILES string of the molecule is C#Cc1ccc(OCc2ccccc2)c(-c2ccc(OCC)cc2)c1. The van der Waals surface area contributed by atoms with Crippen LogP contribution in [-0.4, -0.2) is 6.61 Å². The van der Waals surface area contributed by atoms with Gasteiger partial charge in [0.15, 0.2) is 0 Å². The van der Waals surface area contributed by atoms with Crippen LogP contribution in [-0.2, 0) is 6.61 Å². The van der Waals surface area contributed by atoms with Gasteiger partial charge in [0.25, 0.3) is 0 Å². The van der Waals surface area contributed by atoms with Crippen molar-refractivity contribution >= 4 is 0 Å². The highest BCUT2D eigenvalue weighted by molar-refractivity contribution is 5.72. The van der Waals surface area contributed by atoms with Crippen molar-refractivity contribution in [2.75, 3.05) is 6.61 Å². The van der Waals surface area contributed by atoms with E-state index < -0.39 is 0 Å². The van der Waals surface area contributed by atoms with Crippen LogP contribution in [0.15, 0.2) is 72.8 Å². The van der Waals surface area contributed by atoms with Crippen LogP contribution in [0.3, 0.4) is 0 Å². The minimum absolute atomic E-state index is 0.514. The van der Waals surface area contributed by atoms with Crippen molar-refractivity contribution in [2.45, 2.75) is 13.5 Å². The number of ether oxygens (including phenoxy) is 2. The lowest BCUT2D eigenvalue weighted by atomic mass is 10.0.